The first kappa shape index (κ1) is 23.9. The third-order valence-corrected chi connectivity index (χ3v) is 6.31. The van der Waals surface area contributed by atoms with Gasteiger partial charge in [0.2, 0.25) is 0 Å². The van der Waals surface area contributed by atoms with Gasteiger partial charge in [-0.05, 0) is 56.4 Å². The molecule has 0 bridgehead atoms. The molecular weight excluding hydrogens is 493 g/mol. The van der Waals surface area contributed by atoms with E-state index in [-0.39, 0.29) is 24.0 Å². The van der Waals surface area contributed by atoms with Gasteiger partial charge in [0, 0.05) is 55.1 Å². The second-order valence-corrected chi connectivity index (χ2v) is 9.25. The number of nitrogens with zero attached hydrogens (tertiary/aromatic N) is 3. The molecule has 0 radical (unpaired) electrons. The Balaban J connectivity index is 0.00000300. The number of halogens is 1. The van der Waals surface area contributed by atoms with Crippen molar-refractivity contribution in [3.8, 4) is 0 Å². The van der Waals surface area contributed by atoms with Crippen LogP contribution >= 0.6 is 35.3 Å². The minimum Gasteiger partial charge on any atom is -0.357 e. The molecule has 1 unspecified atom stereocenters. The highest BCUT2D eigenvalue weighted by Crippen LogP contribution is 2.21. The molecule has 0 amide bonds. The van der Waals surface area contributed by atoms with Gasteiger partial charge in [-0.15, -0.1) is 35.3 Å². The molecule has 0 spiro atoms. The van der Waals surface area contributed by atoms with Crippen LogP contribution in [0.15, 0.2) is 35.5 Å². The van der Waals surface area contributed by atoms with Crippen molar-refractivity contribution in [2.75, 3.05) is 25.0 Å². The van der Waals surface area contributed by atoms with E-state index >= 15 is 0 Å². The van der Waals surface area contributed by atoms with Crippen molar-refractivity contribution < 1.29 is 0 Å². The summed E-state index contributed by atoms with van der Waals surface area (Å²) < 4.78 is 0. The Morgan fingerprint density at radius 2 is 2.03 bits per heavy atom. The highest BCUT2D eigenvalue weighted by molar-refractivity contribution is 14.0. The van der Waals surface area contributed by atoms with Gasteiger partial charge in [-0.1, -0.05) is 13.0 Å². The number of rotatable bonds is 6. The fourth-order valence-corrected chi connectivity index (χ4v) is 4.53. The average molecular weight is 528 g/mol. The first-order chi connectivity index (χ1) is 13.5. The van der Waals surface area contributed by atoms with E-state index in [0.29, 0.717) is 6.04 Å². The lowest BCUT2D eigenvalue weighted by Gasteiger charge is -2.31. The summed E-state index contributed by atoms with van der Waals surface area (Å²) in [5.74, 6) is 2.76. The number of aryl methyl sites for hydroxylation is 1. The van der Waals surface area contributed by atoms with Crippen molar-refractivity contribution in [3.05, 3.63) is 45.8 Å². The normalized spacial score (nSPS) is 16.3. The fraction of sp³-hybridized carbons (Fsp3) is 0.545. The summed E-state index contributed by atoms with van der Waals surface area (Å²) >= 11 is 1.86. The Kier molecular flexibility index (Phi) is 9.68. The number of aliphatic imine (C=N–C) groups is 1. The zero-order chi connectivity index (χ0) is 19.9. The summed E-state index contributed by atoms with van der Waals surface area (Å²) in [4.78, 5) is 14.2. The number of hydrogen-bond donors (Lipinski definition) is 2. The van der Waals surface area contributed by atoms with Crippen LogP contribution in [-0.4, -0.2) is 37.1 Å². The van der Waals surface area contributed by atoms with Crippen molar-refractivity contribution in [1.29, 1.82) is 0 Å². The molecule has 0 aliphatic carbocycles. The van der Waals surface area contributed by atoms with Crippen LogP contribution in [0.25, 0.3) is 0 Å². The monoisotopic (exact) mass is 527 g/mol. The summed E-state index contributed by atoms with van der Waals surface area (Å²) in [5, 5.41) is 6.88. The largest absolute Gasteiger partial charge is 0.357 e. The second-order valence-electron chi connectivity index (χ2n) is 7.88. The number of pyridine rings is 1. The minimum atomic E-state index is 0. The van der Waals surface area contributed by atoms with E-state index < -0.39 is 0 Å². The molecule has 3 rings (SSSR count). The van der Waals surface area contributed by atoms with E-state index in [4.69, 9.17) is 0 Å². The molecule has 3 heterocycles. The fourth-order valence-electron chi connectivity index (χ4n) is 3.51. The van der Waals surface area contributed by atoms with E-state index in [9.17, 15) is 0 Å². The van der Waals surface area contributed by atoms with Gasteiger partial charge in [0.1, 0.15) is 5.82 Å². The molecule has 5 nitrogen and oxygen atoms in total. The Bertz CT molecular complexity index is 766. The van der Waals surface area contributed by atoms with Crippen molar-refractivity contribution in [1.82, 2.24) is 15.6 Å². The molecule has 7 heteroatoms. The van der Waals surface area contributed by atoms with Crippen molar-refractivity contribution in [2.24, 2.45) is 10.9 Å². The second kappa shape index (κ2) is 11.7. The molecule has 0 aromatic carbocycles. The Morgan fingerprint density at radius 3 is 2.62 bits per heavy atom. The van der Waals surface area contributed by atoms with Gasteiger partial charge < -0.3 is 15.5 Å². The summed E-state index contributed by atoms with van der Waals surface area (Å²) in [6.07, 6.45) is 5.50. The van der Waals surface area contributed by atoms with Crippen LogP contribution in [0.5, 0.6) is 0 Å². The van der Waals surface area contributed by atoms with Gasteiger partial charge in [0.25, 0.3) is 0 Å². The summed E-state index contributed by atoms with van der Waals surface area (Å²) in [6, 6.07) is 9.03. The summed E-state index contributed by atoms with van der Waals surface area (Å²) in [5.41, 5.74) is 1.17. The highest BCUT2D eigenvalue weighted by atomic mass is 127. The molecule has 0 saturated carbocycles. The van der Waals surface area contributed by atoms with Crippen molar-refractivity contribution in [2.45, 2.75) is 52.6 Å². The summed E-state index contributed by atoms with van der Waals surface area (Å²) in [7, 11) is 1.82. The van der Waals surface area contributed by atoms with E-state index in [0.717, 1.165) is 43.8 Å². The number of thiophene rings is 1. The number of piperidine rings is 1. The maximum Gasteiger partial charge on any atom is 0.191 e. The van der Waals surface area contributed by atoms with E-state index in [2.05, 4.69) is 70.5 Å². The lowest BCUT2D eigenvalue weighted by molar-refractivity contribution is 0.436. The van der Waals surface area contributed by atoms with Gasteiger partial charge >= 0.3 is 0 Å². The molecule has 1 aliphatic rings. The first-order valence-electron chi connectivity index (χ1n) is 10.3. The maximum atomic E-state index is 4.68. The lowest BCUT2D eigenvalue weighted by Crippen LogP contribution is -2.42. The molecule has 1 fully saturated rings. The molecule has 1 saturated heterocycles. The van der Waals surface area contributed by atoms with Gasteiger partial charge in [0.15, 0.2) is 5.96 Å². The molecule has 160 valence electrons. The molecule has 1 atom stereocenters. The van der Waals surface area contributed by atoms with Gasteiger partial charge in [-0.25, -0.2) is 4.98 Å². The quantitative estimate of drug-likeness (QED) is 0.328. The van der Waals surface area contributed by atoms with Crippen molar-refractivity contribution in [3.63, 3.8) is 0 Å². The number of anilines is 1. The lowest BCUT2D eigenvalue weighted by atomic mass is 9.99. The molecule has 29 heavy (non-hydrogen) atoms. The van der Waals surface area contributed by atoms with Crippen LogP contribution in [0.1, 0.15) is 42.0 Å². The van der Waals surface area contributed by atoms with Crippen LogP contribution in [-0.2, 0) is 13.0 Å². The highest BCUT2D eigenvalue weighted by Gasteiger charge is 2.16. The maximum absolute atomic E-state index is 4.68. The first-order valence-corrected chi connectivity index (χ1v) is 11.1. The van der Waals surface area contributed by atoms with Crippen LogP contribution in [0.3, 0.4) is 0 Å². The third-order valence-electron chi connectivity index (χ3n) is 5.29. The predicted molar refractivity (Wildman–Crippen MR) is 136 cm³/mol. The topological polar surface area (TPSA) is 52.6 Å². The molecule has 1 aliphatic heterocycles. The number of nitrogens with one attached hydrogen (secondary N) is 2. The van der Waals surface area contributed by atoms with Crippen LogP contribution in [0.2, 0.25) is 0 Å². The Labute approximate surface area is 196 Å². The molecule has 2 aromatic heterocycles. The van der Waals surface area contributed by atoms with Crippen LogP contribution < -0.4 is 15.5 Å². The van der Waals surface area contributed by atoms with Crippen molar-refractivity contribution >= 4 is 47.1 Å². The molecular formula is C22H34IN5S. The Morgan fingerprint density at radius 1 is 1.28 bits per heavy atom. The number of aromatic nitrogens is 1. The average Bonchev–Trinajstić information content (AvgIpc) is 3.10. The van der Waals surface area contributed by atoms with Gasteiger partial charge in [-0.2, -0.15) is 0 Å². The van der Waals surface area contributed by atoms with E-state index in [1.165, 1.54) is 28.2 Å². The number of hydrogen-bond acceptors (Lipinski definition) is 4. The predicted octanol–water partition coefficient (Wildman–Crippen LogP) is 4.60. The molecule has 2 N–H and O–H groups in total. The Hall–Kier alpha value is -1.35. The van der Waals surface area contributed by atoms with Crippen LogP contribution in [0.4, 0.5) is 5.82 Å². The van der Waals surface area contributed by atoms with Gasteiger partial charge in [0.05, 0.1) is 0 Å². The van der Waals surface area contributed by atoms with E-state index in [1.807, 2.05) is 24.6 Å². The minimum absolute atomic E-state index is 0. The van der Waals surface area contributed by atoms with Gasteiger partial charge in [-0.3, -0.25) is 4.99 Å². The standard InChI is InChI=1S/C22H33N5S.HI/c1-16-9-11-27(12-10-16)21-8-6-19(14-24-21)15-25-22(23-4)26-17(2)13-20-7-5-18(3)28-20;/h5-8,14,16-17H,9-13,15H2,1-4H3,(H2,23,25,26);1H. The number of guanidine groups is 1. The smallest absolute Gasteiger partial charge is 0.191 e. The SMILES string of the molecule is CN=C(NCc1ccc(N2CCC(C)CC2)nc1)NC(C)Cc1ccc(C)s1.I. The van der Waals surface area contributed by atoms with Crippen LogP contribution in [0, 0.1) is 12.8 Å². The third kappa shape index (κ3) is 7.44. The van der Waals surface area contributed by atoms with E-state index in [1.54, 1.807) is 0 Å². The molecule has 2 aromatic rings. The zero-order valence-electron chi connectivity index (χ0n) is 17.9. The summed E-state index contributed by atoms with van der Waals surface area (Å²) in [6.45, 7) is 9.63. The zero-order valence-corrected chi connectivity index (χ0v) is 21.1.